The highest BCUT2D eigenvalue weighted by atomic mass is 32.2. The number of allylic oxidation sites excluding steroid dienone is 3. The van der Waals surface area contributed by atoms with E-state index in [0.717, 1.165) is 12.8 Å². The van der Waals surface area contributed by atoms with Crippen LogP contribution in [0.25, 0.3) is 0 Å². The van der Waals surface area contributed by atoms with Crippen molar-refractivity contribution in [2.24, 2.45) is 0 Å². The average Bonchev–Trinajstić information content (AvgIpc) is 2.86. The van der Waals surface area contributed by atoms with E-state index in [-0.39, 0.29) is 29.0 Å². The molecule has 0 amide bonds. The van der Waals surface area contributed by atoms with Crippen LogP contribution in [-0.2, 0) is 15.7 Å². The highest BCUT2D eigenvalue weighted by Gasteiger charge is 2.28. The van der Waals surface area contributed by atoms with Crippen molar-refractivity contribution in [2.75, 3.05) is 18.1 Å². The zero-order valence-electron chi connectivity index (χ0n) is 11.7. The molecule has 106 valence electrons. The lowest BCUT2D eigenvalue weighted by atomic mass is 10.1. The predicted octanol–water partition coefficient (Wildman–Crippen LogP) is 2.63. The molecule has 0 bridgehead atoms. The quantitative estimate of drug-likeness (QED) is 0.259. The van der Waals surface area contributed by atoms with Crippen LogP contribution in [0.3, 0.4) is 0 Å². The van der Waals surface area contributed by atoms with Gasteiger partial charge in [0.1, 0.15) is 17.3 Å². The van der Waals surface area contributed by atoms with Gasteiger partial charge < -0.3 is 10.2 Å². The zero-order valence-corrected chi connectivity index (χ0v) is 12.6. The first kappa shape index (κ1) is 16.1. The molecule has 0 aliphatic carbocycles. The molecule has 0 atom stereocenters. The van der Waals surface area contributed by atoms with Crippen LogP contribution in [0.4, 0.5) is 0 Å². The molecular weight excluding hydrogens is 260 g/mol. The van der Waals surface area contributed by atoms with Crippen molar-refractivity contribution >= 4 is 16.7 Å². The fraction of sp³-hybridized carbons (Fsp3) is 0.600. The minimum atomic E-state index is -0.149. The SMILES string of the molecule is CC(=O)/C(C=C=C(CCCO)[S+]1CCCC1)=C(\C)O. The van der Waals surface area contributed by atoms with Gasteiger partial charge in [-0.15, -0.1) is 0 Å². The van der Waals surface area contributed by atoms with Crippen molar-refractivity contribution < 1.29 is 15.0 Å². The second-order valence-electron chi connectivity index (χ2n) is 4.70. The Balaban J connectivity index is 2.97. The maximum atomic E-state index is 11.4. The number of hydrogen-bond donors (Lipinski definition) is 2. The summed E-state index contributed by atoms with van der Waals surface area (Å²) < 4.78 is 0. The summed E-state index contributed by atoms with van der Waals surface area (Å²) in [4.78, 5) is 12.6. The van der Waals surface area contributed by atoms with Crippen molar-refractivity contribution in [2.45, 2.75) is 39.5 Å². The molecule has 3 nitrogen and oxygen atoms in total. The molecule has 0 aromatic heterocycles. The van der Waals surface area contributed by atoms with E-state index in [1.54, 1.807) is 6.08 Å². The Kier molecular flexibility index (Phi) is 7.00. The summed E-state index contributed by atoms with van der Waals surface area (Å²) in [6, 6.07) is 0. The lowest BCUT2D eigenvalue weighted by Crippen LogP contribution is -2.07. The minimum Gasteiger partial charge on any atom is -0.512 e. The van der Waals surface area contributed by atoms with Crippen LogP contribution >= 0.6 is 0 Å². The molecule has 0 aromatic carbocycles. The fourth-order valence-electron chi connectivity index (χ4n) is 2.05. The summed E-state index contributed by atoms with van der Waals surface area (Å²) in [5.74, 6) is 2.28. The van der Waals surface area contributed by atoms with Crippen molar-refractivity contribution in [1.29, 1.82) is 0 Å². The molecule has 19 heavy (non-hydrogen) atoms. The first-order valence-corrected chi connectivity index (χ1v) is 8.27. The Morgan fingerprint density at radius 1 is 1.32 bits per heavy atom. The van der Waals surface area contributed by atoms with Gasteiger partial charge in [0.05, 0.1) is 5.57 Å². The van der Waals surface area contributed by atoms with Crippen LogP contribution in [-0.4, -0.2) is 34.1 Å². The summed E-state index contributed by atoms with van der Waals surface area (Å²) in [7, 11) is 0.238. The number of Topliss-reactive ketones (excluding diaryl/α,β-unsaturated/α-hetero) is 1. The number of carbonyl (C=O) groups is 1. The maximum absolute atomic E-state index is 11.4. The van der Waals surface area contributed by atoms with Gasteiger partial charge >= 0.3 is 0 Å². The monoisotopic (exact) mass is 283 g/mol. The van der Waals surface area contributed by atoms with Gasteiger partial charge in [-0.1, -0.05) is 5.73 Å². The largest absolute Gasteiger partial charge is 0.512 e. The Labute approximate surface area is 118 Å². The van der Waals surface area contributed by atoms with E-state index in [1.807, 2.05) is 0 Å². The molecule has 1 saturated heterocycles. The molecule has 0 aromatic rings. The van der Waals surface area contributed by atoms with Crippen LogP contribution < -0.4 is 0 Å². The Morgan fingerprint density at radius 3 is 2.42 bits per heavy atom. The highest BCUT2D eigenvalue weighted by molar-refractivity contribution is 8.00. The number of aliphatic hydroxyl groups excluding tert-OH is 2. The number of rotatable bonds is 6. The first-order valence-electron chi connectivity index (χ1n) is 6.71. The van der Waals surface area contributed by atoms with Crippen molar-refractivity contribution in [1.82, 2.24) is 0 Å². The summed E-state index contributed by atoms with van der Waals surface area (Å²) >= 11 is 0. The molecule has 1 aliphatic heterocycles. The van der Waals surface area contributed by atoms with E-state index in [2.05, 4.69) is 5.73 Å². The van der Waals surface area contributed by atoms with Gasteiger partial charge in [0.15, 0.2) is 10.7 Å². The standard InChI is InChI=1S/C15H22O3S/c1-12(17)15(13(2)18)8-7-14(6-5-9-16)19-10-3-4-11-19/h8,16H,3-6,9-11H2,1-2H3/p+1. The molecule has 1 aliphatic rings. The molecule has 0 unspecified atom stereocenters. The van der Waals surface area contributed by atoms with Gasteiger partial charge in [0.2, 0.25) is 0 Å². The summed E-state index contributed by atoms with van der Waals surface area (Å²) in [5, 5.41) is 18.4. The smallest absolute Gasteiger partial charge is 0.174 e. The van der Waals surface area contributed by atoms with Crippen molar-refractivity contribution in [3.8, 4) is 0 Å². The highest BCUT2D eigenvalue weighted by Crippen LogP contribution is 2.24. The minimum absolute atomic E-state index is 0.0382. The molecule has 0 saturated carbocycles. The van der Waals surface area contributed by atoms with Crippen LogP contribution in [0.5, 0.6) is 0 Å². The molecular formula is C15H23O3S+. The number of hydrogen-bond acceptors (Lipinski definition) is 3. The number of ketones is 1. The van der Waals surface area contributed by atoms with Crippen LogP contribution in [0, 0.1) is 0 Å². The van der Waals surface area contributed by atoms with Gasteiger partial charge in [-0.3, -0.25) is 4.79 Å². The Bertz CT molecular complexity index is 407. The average molecular weight is 283 g/mol. The molecule has 0 spiro atoms. The summed E-state index contributed by atoms with van der Waals surface area (Å²) in [5.41, 5.74) is 3.54. The maximum Gasteiger partial charge on any atom is 0.174 e. The van der Waals surface area contributed by atoms with Crippen LogP contribution in [0.2, 0.25) is 0 Å². The molecule has 1 rings (SSSR count). The second kappa shape index (κ2) is 8.26. The second-order valence-corrected chi connectivity index (χ2v) is 7.00. The molecule has 1 heterocycles. The molecule has 2 N–H and O–H groups in total. The van der Waals surface area contributed by atoms with Gasteiger partial charge in [0, 0.05) is 23.9 Å². The van der Waals surface area contributed by atoms with E-state index in [4.69, 9.17) is 5.11 Å². The van der Waals surface area contributed by atoms with Gasteiger partial charge in [0.25, 0.3) is 0 Å². The third kappa shape index (κ3) is 5.27. The first-order chi connectivity index (χ1) is 9.06. The van der Waals surface area contributed by atoms with Gasteiger partial charge in [-0.2, -0.15) is 0 Å². The number of carbonyl (C=O) groups excluding carboxylic acids is 1. The van der Waals surface area contributed by atoms with E-state index >= 15 is 0 Å². The van der Waals surface area contributed by atoms with E-state index in [9.17, 15) is 9.90 Å². The van der Waals surface area contributed by atoms with E-state index in [0.29, 0.717) is 5.57 Å². The van der Waals surface area contributed by atoms with Gasteiger partial charge in [-0.05, 0) is 39.2 Å². The van der Waals surface area contributed by atoms with Crippen LogP contribution in [0.1, 0.15) is 39.5 Å². The predicted molar refractivity (Wildman–Crippen MR) is 80.3 cm³/mol. The van der Waals surface area contributed by atoms with Gasteiger partial charge in [-0.25, -0.2) is 0 Å². The van der Waals surface area contributed by atoms with Crippen molar-refractivity contribution in [3.63, 3.8) is 0 Å². The third-order valence-corrected chi connectivity index (χ3v) is 5.67. The van der Waals surface area contributed by atoms with E-state index < -0.39 is 0 Å². The third-order valence-electron chi connectivity index (χ3n) is 3.09. The topological polar surface area (TPSA) is 57.5 Å². The van der Waals surface area contributed by atoms with Crippen LogP contribution in [0.15, 0.2) is 28.0 Å². The van der Waals surface area contributed by atoms with E-state index in [1.165, 1.54) is 43.1 Å². The fourth-order valence-corrected chi connectivity index (χ4v) is 4.51. The molecule has 4 heteroatoms. The molecule has 1 fully saturated rings. The normalized spacial score (nSPS) is 16.8. The molecule has 0 radical (unpaired) electrons. The Hall–Kier alpha value is -0.960. The van der Waals surface area contributed by atoms with Crippen molar-refractivity contribution in [3.05, 3.63) is 28.0 Å². The lowest BCUT2D eigenvalue weighted by molar-refractivity contribution is -0.113. The zero-order chi connectivity index (χ0) is 14.3. The number of aliphatic hydroxyl groups is 2. The Morgan fingerprint density at radius 2 is 1.95 bits per heavy atom. The lowest BCUT2D eigenvalue weighted by Gasteiger charge is -2.02. The summed E-state index contributed by atoms with van der Waals surface area (Å²) in [6.45, 7) is 3.13. The summed E-state index contributed by atoms with van der Waals surface area (Å²) in [6.07, 6.45) is 5.67.